The summed E-state index contributed by atoms with van der Waals surface area (Å²) in [7, 11) is 3.39. The number of likely N-dealkylation sites (N-methyl/N-ethyl adjacent to an activating group) is 1. The van der Waals surface area contributed by atoms with Crippen molar-refractivity contribution in [3.05, 3.63) is 76.7 Å². The lowest BCUT2D eigenvalue weighted by molar-refractivity contribution is -0.124. The molecule has 6 nitrogen and oxygen atoms in total. The minimum absolute atomic E-state index is 0.0633. The number of nitrogens with one attached hydrogen (secondary N) is 1. The Morgan fingerprint density at radius 2 is 1.93 bits per heavy atom. The molecule has 3 aromatic rings. The van der Waals surface area contributed by atoms with E-state index in [1.807, 2.05) is 42.5 Å². The molecule has 2 aromatic carbocycles. The summed E-state index contributed by atoms with van der Waals surface area (Å²) in [5.74, 6) is 0.716. The maximum Gasteiger partial charge on any atom is 0.338 e. The summed E-state index contributed by atoms with van der Waals surface area (Å²) in [5, 5.41) is 4.12. The van der Waals surface area contributed by atoms with Crippen molar-refractivity contribution in [1.82, 2.24) is 4.90 Å². The standard InChI is InChI=1S/C23H24N2O4/c1-25(22(26)13-10-17-8-11-18(28-2)12-9-17)15-5-14-24-20-16-23(27)29-21-7-4-3-6-19(20)21/h3-4,6-13,16,24H,5,14-15H2,1-2H3/b13-10+. The van der Waals surface area contributed by atoms with Crippen molar-refractivity contribution in [3.8, 4) is 5.75 Å². The van der Waals surface area contributed by atoms with Crippen molar-refractivity contribution >= 4 is 28.6 Å². The molecular weight excluding hydrogens is 368 g/mol. The van der Waals surface area contributed by atoms with Gasteiger partial charge in [0.2, 0.25) is 5.91 Å². The van der Waals surface area contributed by atoms with Crippen LogP contribution in [0.4, 0.5) is 5.69 Å². The summed E-state index contributed by atoms with van der Waals surface area (Å²) < 4.78 is 10.3. The zero-order valence-electron chi connectivity index (χ0n) is 16.6. The number of carbonyl (C=O) groups is 1. The SMILES string of the molecule is COc1ccc(/C=C/C(=O)N(C)CCCNc2cc(=O)oc3ccccc23)cc1. The van der Waals surface area contributed by atoms with Gasteiger partial charge in [-0.2, -0.15) is 0 Å². The van der Waals surface area contributed by atoms with E-state index in [2.05, 4.69) is 5.32 Å². The number of benzene rings is 2. The number of nitrogens with zero attached hydrogens (tertiary/aromatic N) is 1. The van der Waals surface area contributed by atoms with Crippen LogP contribution in [0.2, 0.25) is 0 Å². The van der Waals surface area contributed by atoms with E-state index in [9.17, 15) is 9.59 Å². The number of para-hydroxylation sites is 1. The molecule has 150 valence electrons. The summed E-state index contributed by atoms with van der Waals surface area (Å²) in [6, 6.07) is 16.4. The van der Waals surface area contributed by atoms with Crippen LogP contribution in [0.1, 0.15) is 12.0 Å². The number of ether oxygens (including phenoxy) is 1. The van der Waals surface area contributed by atoms with Gasteiger partial charge >= 0.3 is 5.63 Å². The fraction of sp³-hybridized carbons (Fsp3) is 0.217. The van der Waals surface area contributed by atoms with E-state index in [0.29, 0.717) is 18.7 Å². The average Bonchev–Trinajstić information content (AvgIpc) is 2.74. The molecule has 0 aliphatic rings. The van der Waals surface area contributed by atoms with Gasteiger partial charge in [-0.25, -0.2) is 4.79 Å². The van der Waals surface area contributed by atoms with Crippen molar-refractivity contribution < 1.29 is 13.9 Å². The molecule has 0 spiro atoms. The number of hydrogen-bond donors (Lipinski definition) is 1. The highest BCUT2D eigenvalue weighted by Crippen LogP contribution is 2.20. The number of amides is 1. The largest absolute Gasteiger partial charge is 0.497 e. The average molecular weight is 392 g/mol. The van der Waals surface area contributed by atoms with Crippen LogP contribution in [0.3, 0.4) is 0 Å². The molecule has 0 atom stereocenters. The summed E-state index contributed by atoms with van der Waals surface area (Å²) in [6.07, 6.45) is 4.09. The van der Waals surface area contributed by atoms with Crippen molar-refractivity contribution in [3.63, 3.8) is 0 Å². The van der Waals surface area contributed by atoms with Gasteiger partial charge < -0.3 is 19.4 Å². The lowest BCUT2D eigenvalue weighted by atomic mass is 10.2. The molecule has 0 radical (unpaired) electrons. The molecular formula is C23H24N2O4. The number of hydrogen-bond acceptors (Lipinski definition) is 5. The highest BCUT2D eigenvalue weighted by molar-refractivity contribution is 5.91. The minimum atomic E-state index is -0.387. The van der Waals surface area contributed by atoms with Crippen molar-refractivity contribution in [2.24, 2.45) is 0 Å². The quantitative estimate of drug-likeness (QED) is 0.359. The van der Waals surface area contributed by atoms with Gasteiger partial charge in [0, 0.05) is 37.7 Å². The second-order valence-electron chi connectivity index (χ2n) is 6.62. The molecule has 0 fully saturated rings. The van der Waals surface area contributed by atoms with Crippen LogP contribution in [-0.4, -0.2) is 38.1 Å². The normalized spacial score (nSPS) is 11.0. The molecule has 3 rings (SSSR count). The van der Waals surface area contributed by atoms with Crippen LogP contribution in [0, 0.1) is 0 Å². The molecule has 0 unspecified atom stereocenters. The van der Waals surface area contributed by atoms with Crippen molar-refractivity contribution in [2.45, 2.75) is 6.42 Å². The van der Waals surface area contributed by atoms with Gasteiger partial charge in [-0.3, -0.25) is 4.79 Å². The van der Waals surface area contributed by atoms with E-state index in [4.69, 9.17) is 9.15 Å². The Balaban J connectivity index is 1.49. The van der Waals surface area contributed by atoms with E-state index in [1.165, 1.54) is 6.07 Å². The van der Waals surface area contributed by atoms with Gasteiger partial charge in [-0.15, -0.1) is 0 Å². The monoisotopic (exact) mass is 392 g/mol. The fourth-order valence-corrected chi connectivity index (χ4v) is 2.92. The van der Waals surface area contributed by atoms with E-state index < -0.39 is 0 Å². The third kappa shape index (κ3) is 5.48. The summed E-state index contributed by atoms with van der Waals surface area (Å²) in [6.45, 7) is 1.23. The first-order valence-electron chi connectivity index (χ1n) is 9.41. The lowest BCUT2D eigenvalue weighted by Crippen LogP contribution is -2.27. The molecule has 1 aromatic heterocycles. The Labute approximate surface area is 169 Å². The topological polar surface area (TPSA) is 71.8 Å². The maximum absolute atomic E-state index is 12.3. The summed E-state index contributed by atoms with van der Waals surface area (Å²) >= 11 is 0. The lowest BCUT2D eigenvalue weighted by Gasteiger charge is -2.15. The van der Waals surface area contributed by atoms with Gasteiger partial charge in [0.05, 0.1) is 12.8 Å². The van der Waals surface area contributed by atoms with Gasteiger partial charge in [0.1, 0.15) is 11.3 Å². The van der Waals surface area contributed by atoms with Crippen LogP contribution in [0.15, 0.2) is 69.9 Å². The Bertz CT molecular complexity index is 1050. The first-order valence-corrected chi connectivity index (χ1v) is 9.41. The number of rotatable bonds is 8. The Morgan fingerprint density at radius 3 is 2.69 bits per heavy atom. The Kier molecular flexibility index (Phi) is 6.68. The highest BCUT2D eigenvalue weighted by atomic mass is 16.5. The van der Waals surface area contributed by atoms with E-state index in [0.717, 1.165) is 28.8 Å². The molecule has 1 amide bonds. The van der Waals surface area contributed by atoms with Crippen LogP contribution in [-0.2, 0) is 4.79 Å². The predicted octanol–water partition coefficient (Wildman–Crippen LogP) is 3.78. The third-order valence-electron chi connectivity index (χ3n) is 4.55. The highest BCUT2D eigenvalue weighted by Gasteiger charge is 2.06. The molecule has 0 saturated heterocycles. The van der Waals surface area contributed by atoms with E-state index in [1.54, 1.807) is 37.3 Å². The number of carbonyl (C=O) groups excluding carboxylic acids is 1. The molecule has 1 N–H and O–H groups in total. The molecule has 0 aliphatic carbocycles. The zero-order chi connectivity index (χ0) is 20.6. The first-order chi connectivity index (χ1) is 14.1. The van der Waals surface area contributed by atoms with Crippen molar-refractivity contribution in [2.75, 3.05) is 32.6 Å². The molecule has 0 bridgehead atoms. The molecule has 1 heterocycles. The summed E-state index contributed by atoms with van der Waals surface area (Å²) in [5.41, 5.74) is 1.84. The minimum Gasteiger partial charge on any atom is -0.497 e. The van der Waals surface area contributed by atoms with Crippen molar-refractivity contribution in [1.29, 1.82) is 0 Å². The van der Waals surface area contributed by atoms with Gasteiger partial charge in [0.15, 0.2) is 0 Å². The number of methoxy groups -OCH3 is 1. The molecule has 0 saturated carbocycles. The maximum atomic E-state index is 12.3. The Morgan fingerprint density at radius 1 is 1.17 bits per heavy atom. The predicted molar refractivity (Wildman–Crippen MR) is 115 cm³/mol. The molecule has 29 heavy (non-hydrogen) atoms. The zero-order valence-corrected chi connectivity index (χ0v) is 16.6. The fourth-order valence-electron chi connectivity index (χ4n) is 2.92. The third-order valence-corrected chi connectivity index (χ3v) is 4.55. The van der Waals surface area contributed by atoms with E-state index >= 15 is 0 Å². The number of anilines is 1. The summed E-state index contributed by atoms with van der Waals surface area (Å²) in [4.78, 5) is 25.6. The molecule has 0 aliphatic heterocycles. The van der Waals surface area contributed by atoms with Crippen LogP contribution in [0.5, 0.6) is 5.75 Å². The van der Waals surface area contributed by atoms with Crippen LogP contribution >= 0.6 is 0 Å². The number of fused-ring (bicyclic) bond motifs is 1. The van der Waals surface area contributed by atoms with Gasteiger partial charge in [-0.1, -0.05) is 24.3 Å². The van der Waals surface area contributed by atoms with Gasteiger partial charge in [0.25, 0.3) is 0 Å². The molecule has 6 heteroatoms. The smallest absolute Gasteiger partial charge is 0.338 e. The first kappa shape index (κ1) is 20.2. The van der Waals surface area contributed by atoms with Gasteiger partial charge in [-0.05, 0) is 42.3 Å². The second kappa shape index (κ2) is 9.59. The second-order valence-corrected chi connectivity index (χ2v) is 6.62. The van der Waals surface area contributed by atoms with Crippen LogP contribution in [0.25, 0.3) is 17.0 Å². The van der Waals surface area contributed by atoms with E-state index in [-0.39, 0.29) is 11.5 Å². The van der Waals surface area contributed by atoms with Crippen LogP contribution < -0.4 is 15.7 Å². The Hall–Kier alpha value is -3.54.